The van der Waals surface area contributed by atoms with Crippen molar-refractivity contribution in [3.63, 3.8) is 0 Å². The lowest BCUT2D eigenvalue weighted by molar-refractivity contribution is 0.819. The van der Waals surface area contributed by atoms with Gasteiger partial charge in [-0.2, -0.15) is 0 Å². The van der Waals surface area contributed by atoms with E-state index in [2.05, 4.69) is 71.9 Å². The van der Waals surface area contributed by atoms with E-state index in [0.717, 1.165) is 29.8 Å². The number of thiazole rings is 1. The minimum Gasteiger partial charge on any atom is -0.357 e. The number of hydrogen-bond acceptors (Lipinski definition) is 3. The second-order valence-corrected chi connectivity index (χ2v) is 7.26. The molecule has 0 aliphatic heterocycles. The first-order valence-electron chi connectivity index (χ1n) is 8.58. The van der Waals surface area contributed by atoms with E-state index < -0.39 is 0 Å². The zero-order valence-electron chi connectivity index (χ0n) is 15.4. The average Bonchev–Trinajstić information content (AvgIpc) is 2.94. The molecule has 3 aromatic rings. The third-order valence-corrected chi connectivity index (χ3v) is 5.07. The van der Waals surface area contributed by atoms with Crippen LogP contribution in [0, 0.1) is 13.8 Å². The van der Waals surface area contributed by atoms with E-state index in [4.69, 9.17) is 4.99 Å². The van der Waals surface area contributed by atoms with E-state index in [-0.39, 0.29) is 24.0 Å². The Labute approximate surface area is 176 Å². The van der Waals surface area contributed by atoms with E-state index in [9.17, 15) is 0 Å². The molecule has 0 atom stereocenters. The predicted octanol–water partition coefficient (Wildman–Crippen LogP) is 4.79. The molecule has 3 rings (SSSR count). The third kappa shape index (κ3) is 5.41. The van der Waals surface area contributed by atoms with Crippen molar-refractivity contribution in [2.75, 3.05) is 6.54 Å². The van der Waals surface area contributed by atoms with Crippen LogP contribution >= 0.6 is 35.3 Å². The van der Waals surface area contributed by atoms with Gasteiger partial charge in [0.1, 0.15) is 0 Å². The van der Waals surface area contributed by atoms with Crippen LogP contribution in [0.3, 0.4) is 0 Å². The standard InChI is InChI=1S/C20H24N4S.HI/c1-4-21-20(23-13-19-14(2)24-15(3)25-19)22-12-16-9-10-17-7-5-6-8-18(17)11-16;/h5-11H,4,12-13H2,1-3H3,(H2,21,22,23);1H. The Morgan fingerprint density at radius 3 is 2.54 bits per heavy atom. The highest BCUT2D eigenvalue weighted by molar-refractivity contribution is 14.0. The summed E-state index contributed by atoms with van der Waals surface area (Å²) < 4.78 is 0. The van der Waals surface area contributed by atoms with Gasteiger partial charge < -0.3 is 10.6 Å². The van der Waals surface area contributed by atoms with Gasteiger partial charge in [0, 0.05) is 11.4 Å². The number of aromatic nitrogens is 1. The molecule has 1 heterocycles. The second kappa shape index (κ2) is 9.87. The summed E-state index contributed by atoms with van der Waals surface area (Å²) in [7, 11) is 0. The van der Waals surface area contributed by atoms with Crippen molar-refractivity contribution < 1.29 is 0 Å². The fraction of sp³-hybridized carbons (Fsp3) is 0.300. The van der Waals surface area contributed by atoms with Crippen LogP contribution in [0.5, 0.6) is 0 Å². The summed E-state index contributed by atoms with van der Waals surface area (Å²) in [5.74, 6) is 0.834. The fourth-order valence-corrected chi connectivity index (χ4v) is 3.63. The second-order valence-electron chi connectivity index (χ2n) is 5.97. The van der Waals surface area contributed by atoms with Gasteiger partial charge in [-0.05, 0) is 43.2 Å². The van der Waals surface area contributed by atoms with Gasteiger partial charge in [-0.3, -0.25) is 0 Å². The molecule has 0 bridgehead atoms. The van der Waals surface area contributed by atoms with Crippen molar-refractivity contribution in [3.05, 3.63) is 63.6 Å². The first-order valence-corrected chi connectivity index (χ1v) is 9.40. The molecule has 26 heavy (non-hydrogen) atoms. The smallest absolute Gasteiger partial charge is 0.191 e. The topological polar surface area (TPSA) is 49.3 Å². The van der Waals surface area contributed by atoms with E-state index in [1.807, 2.05) is 6.92 Å². The predicted molar refractivity (Wildman–Crippen MR) is 123 cm³/mol. The molecule has 4 nitrogen and oxygen atoms in total. The summed E-state index contributed by atoms with van der Waals surface area (Å²) >= 11 is 1.73. The van der Waals surface area contributed by atoms with Crippen LogP contribution in [0.4, 0.5) is 0 Å². The number of hydrogen-bond donors (Lipinski definition) is 2. The fourth-order valence-electron chi connectivity index (χ4n) is 2.75. The van der Waals surface area contributed by atoms with Gasteiger partial charge in [0.05, 0.1) is 23.8 Å². The molecule has 0 amide bonds. The molecule has 0 aliphatic rings. The first-order chi connectivity index (χ1) is 12.2. The Balaban J connectivity index is 0.00000243. The Morgan fingerprint density at radius 2 is 1.85 bits per heavy atom. The van der Waals surface area contributed by atoms with Gasteiger partial charge in [-0.1, -0.05) is 36.4 Å². The normalized spacial score (nSPS) is 11.3. The molecule has 0 aliphatic carbocycles. The number of nitrogens with one attached hydrogen (secondary N) is 2. The molecule has 0 spiro atoms. The van der Waals surface area contributed by atoms with E-state index in [0.29, 0.717) is 6.54 Å². The van der Waals surface area contributed by atoms with Gasteiger partial charge in [0.15, 0.2) is 5.96 Å². The average molecular weight is 480 g/mol. The molecule has 1 aromatic heterocycles. The van der Waals surface area contributed by atoms with Crippen LogP contribution < -0.4 is 10.6 Å². The van der Waals surface area contributed by atoms with Crippen LogP contribution in [0.2, 0.25) is 0 Å². The lowest BCUT2D eigenvalue weighted by Crippen LogP contribution is -2.36. The quantitative estimate of drug-likeness (QED) is 0.314. The van der Waals surface area contributed by atoms with Crippen LogP contribution in [0.1, 0.15) is 28.1 Å². The van der Waals surface area contributed by atoms with E-state index in [1.54, 1.807) is 11.3 Å². The molecule has 0 unspecified atom stereocenters. The zero-order valence-corrected chi connectivity index (χ0v) is 18.5. The number of fused-ring (bicyclic) bond motifs is 1. The molecule has 0 saturated heterocycles. The van der Waals surface area contributed by atoms with Crippen LogP contribution in [0.25, 0.3) is 10.8 Å². The summed E-state index contributed by atoms with van der Waals surface area (Å²) in [6, 6.07) is 14.9. The number of aliphatic imine (C=N–C) groups is 1. The summed E-state index contributed by atoms with van der Waals surface area (Å²) in [4.78, 5) is 10.5. The van der Waals surface area contributed by atoms with E-state index in [1.165, 1.54) is 21.2 Å². The van der Waals surface area contributed by atoms with Crippen LogP contribution in [-0.4, -0.2) is 17.5 Å². The molecular formula is C20H25IN4S. The summed E-state index contributed by atoms with van der Waals surface area (Å²) in [6.45, 7) is 8.42. The van der Waals surface area contributed by atoms with Gasteiger partial charge in [-0.25, -0.2) is 9.98 Å². The molecule has 2 N–H and O–H groups in total. The number of benzene rings is 2. The highest BCUT2D eigenvalue weighted by Crippen LogP contribution is 2.17. The SMILES string of the molecule is CCNC(=NCc1ccc2ccccc2c1)NCc1sc(C)nc1C.I. The van der Waals surface area contributed by atoms with Crippen molar-refractivity contribution in [1.82, 2.24) is 15.6 Å². The Morgan fingerprint density at radius 1 is 1.08 bits per heavy atom. The number of halogens is 1. The lowest BCUT2D eigenvalue weighted by atomic mass is 10.1. The van der Waals surface area contributed by atoms with Crippen molar-refractivity contribution in [2.45, 2.75) is 33.9 Å². The Kier molecular flexibility index (Phi) is 7.84. The number of nitrogens with zero attached hydrogens (tertiary/aromatic N) is 2. The lowest BCUT2D eigenvalue weighted by Gasteiger charge is -2.11. The summed E-state index contributed by atoms with van der Waals surface area (Å²) in [6.07, 6.45) is 0. The monoisotopic (exact) mass is 480 g/mol. The molecule has 0 saturated carbocycles. The summed E-state index contributed by atoms with van der Waals surface area (Å²) in [5.41, 5.74) is 2.31. The molecule has 138 valence electrons. The van der Waals surface area contributed by atoms with Gasteiger partial charge in [-0.15, -0.1) is 35.3 Å². The maximum Gasteiger partial charge on any atom is 0.191 e. The van der Waals surface area contributed by atoms with Crippen molar-refractivity contribution in [2.24, 2.45) is 4.99 Å². The largest absolute Gasteiger partial charge is 0.357 e. The van der Waals surface area contributed by atoms with Crippen molar-refractivity contribution in [1.29, 1.82) is 0 Å². The highest BCUT2D eigenvalue weighted by Gasteiger charge is 2.06. The van der Waals surface area contributed by atoms with Crippen molar-refractivity contribution >= 4 is 52.0 Å². The first kappa shape index (κ1) is 20.6. The third-order valence-electron chi connectivity index (χ3n) is 3.99. The zero-order chi connectivity index (χ0) is 17.6. The molecule has 0 radical (unpaired) electrons. The highest BCUT2D eigenvalue weighted by atomic mass is 127. The van der Waals surface area contributed by atoms with Gasteiger partial charge in [0.2, 0.25) is 0 Å². The minimum absolute atomic E-state index is 0. The Bertz CT molecular complexity index is 888. The van der Waals surface area contributed by atoms with E-state index >= 15 is 0 Å². The Hall–Kier alpha value is -1.67. The van der Waals surface area contributed by atoms with Crippen LogP contribution in [0.15, 0.2) is 47.5 Å². The minimum atomic E-state index is 0. The van der Waals surface area contributed by atoms with Gasteiger partial charge >= 0.3 is 0 Å². The van der Waals surface area contributed by atoms with Crippen molar-refractivity contribution in [3.8, 4) is 0 Å². The number of rotatable bonds is 5. The molecule has 0 fully saturated rings. The number of guanidine groups is 1. The van der Waals surface area contributed by atoms with Gasteiger partial charge in [0.25, 0.3) is 0 Å². The summed E-state index contributed by atoms with van der Waals surface area (Å²) in [5, 5.41) is 10.3. The maximum absolute atomic E-state index is 4.72. The molecule has 2 aromatic carbocycles. The molecular weight excluding hydrogens is 455 g/mol. The maximum atomic E-state index is 4.72. The van der Waals surface area contributed by atoms with Crippen LogP contribution in [-0.2, 0) is 13.1 Å². The molecule has 6 heteroatoms. The number of aryl methyl sites for hydroxylation is 2.